The van der Waals surface area contributed by atoms with E-state index < -0.39 is 0 Å². The molecule has 1 fully saturated rings. The Morgan fingerprint density at radius 2 is 2.00 bits per heavy atom. The average Bonchev–Trinajstić information content (AvgIpc) is 2.87. The molecule has 0 aromatic heterocycles. The Hall–Kier alpha value is -1.57. The predicted molar refractivity (Wildman–Crippen MR) is 82.1 cm³/mol. The first kappa shape index (κ1) is 12.5. The zero-order chi connectivity index (χ0) is 13.4. The highest BCUT2D eigenvalue weighted by atomic mass is 15.2. The Labute approximate surface area is 115 Å². The Balaban J connectivity index is 2.12. The van der Waals surface area contributed by atoms with Gasteiger partial charge in [0.15, 0.2) is 0 Å². The van der Waals surface area contributed by atoms with E-state index in [1.807, 2.05) is 0 Å². The summed E-state index contributed by atoms with van der Waals surface area (Å²) in [5.74, 6) is 0. The second kappa shape index (κ2) is 4.84. The SMILES string of the molecule is C=C1c2cc(CC)c(CC)cc2N=CC2CCCN12. The summed E-state index contributed by atoms with van der Waals surface area (Å²) in [6, 6.07) is 5.03. The van der Waals surface area contributed by atoms with Crippen molar-refractivity contribution < 1.29 is 0 Å². The molecule has 1 aromatic rings. The van der Waals surface area contributed by atoms with Crippen molar-refractivity contribution in [3.63, 3.8) is 0 Å². The molecule has 2 heteroatoms. The molecule has 0 radical (unpaired) electrons. The summed E-state index contributed by atoms with van der Waals surface area (Å²) in [6.45, 7) is 9.89. The molecule has 0 spiro atoms. The molecule has 0 amide bonds. The van der Waals surface area contributed by atoms with Crippen LogP contribution in [0.1, 0.15) is 43.4 Å². The molecule has 1 aromatic carbocycles. The van der Waals surface area contributed by atoms with Crippen LogP contribution in [0.15, 0.2) is 23.7 Å². The summed E-state index contributed by atoms with van der Waals surface area (Å²) >= 11 is 0. The van der Waals surface area contributed by atoms with Crippen molar-refractivity contribution in [2.45, 2.75) is 45.6 Å². The Kier molecular flexibility index (Phi) is 3.17. The van der Waals surface area contributed by atoms with Crippen LogP contribution in [0.5, 0.6) is 0 Å². The first-order valence-electron chi connectivity index (χ1n) is 7.40. The van der Waals surface area contributed by atoms with Gasteiger partial charge in [0.2, 0.25) is 0 Å². The molecule has 19 heavy (non-hydrogen) atoms. The lowest BCUT2D eigenvalue weighted by molar-refractivity contribution is 0.450. The fourth-order valence-electron chi connectivity index (χ4n) is 3.28. The molecule has 0 bridgehead atoms. The van der Waals surface area contributed by atoms with Crippen LogP contribution in [0.2, 0.25) is 0 Å². The zero-order valence-corrected chi connectivity index (χ0v) is 11.9. The van der Waals surface area contributed by atoms with Gasteiger partial charge in [0.25, 0.3) is 0 Å². The molecule has 2 aliphatic rings. The second-order valence-corrected chi connectivity index (χ2v) is 5.47. The maximum Gasteiger partial charge on any atom is 0.0722 e. The van der Waals surface area contributed by atoms with Crippen molar-refractivity contribution in [3.8, 4) is 0 Å². The van der Waals surface area contributed by atoms with E-state index in [0.29, 0.717) is 6.04 Å². The lowest BCUT2D eigenvalue weighted by Gasteiger charge is -2.25. The molecule has 1 unspecified atom stereocenters. The van der Waals surface area contributed by atoms with Crippen molar-refractivity contribution in [1.82, 2.24) is 4.90 Å². The topological polar surface area (TPSA) is 15.6 Å². The number of rotatable bonds is 2. The minimum Gasteiger partial charge on any atom is -0.363 e. The molecule has 2 heterocycles. The zero-order valence-electron chi connectivity index (χ0n) is 11.9. The van der Waals surface area contributed by atoms with Crippen molar-refractivity contribution in [2.24, 2.45) is 4.99 Å². The van der Waals surface area contributed by atoms with E-state index in [-0.39, 0.29) is 0 Å². The van der Waals surface area contributed by atoms with Crippen molar-refractivity contribution >= 4 is 17.6 Å². The number of aliphatic imine (C=N–C) groups is 1. The van der Waals surface area contributed by atoms with Gasteiger partial charge >= 0.3 is 0 Å². The van der Waals surface area contributed by atoms with Crippen LogP contribution in [0.25, 0.3) is 5.70 Å². The first-order valence-corrected chi connectivity index (χ1v) is 7.40. The van der Waals surface area contributed by atoms with Crippen LogP contribution in [0, 0.1) is 0 Å². The third-order valence-electron chi connectivity index (χ3n) is 4.42. The van der Waals surface area contributed by atoms with Crippen LogP contribution in [0.4, 0.5) is 5.69 Å². The van der Waals surface area contributed by atoms with Gasteiger partial charge in [-0.1, -0.05) is 20.4 Å². The van der Waals surface area contributed by atoms with E-state index in [1.165, 1.54) is 29.5 Å². The quantitative estimate of drug-likeness (QED) is 0.780. The van der Waals surface area contributed by atoms with E-state index in [1.54, 1.807) is 0 Å². The Morgan fingerprint density at radius 3 is 2.74 bits per heavy atom. The summed E-state index contributed by atoms with van der Waals surface area (Å²) in [7, 11) is 0. The van der Waals surface area contributed by atoms with Gasteiger partial charge in [-0.05, 0) is 48.9 Å². The van der Waals surface area contributed by atoms with Gasteiger partial charge in [-0.25, -0.2) is 0 Å². The van der Waals surface area contributed by atoms with Gasteiger partial charge in [-0.15, -0.1) is 0 Å². The van der Waals surface area contributed by atoms with E-state index in [9.17, 15) is 0 Å². The summed E-state index contributed by atoms with van der Waals surface area (Å²) in [4.78, 5) is 7.15. The molecule has 3 rings (SSSR count). The van der Waals surface area contributed by atoms with Crippen molar-refractivity contribution in [1.29, 1.82) is 0 Å². The number of benzene rings is 1. The van der Waals surface area contributed by atoms with Gasteiger partial charge in [0, 0.05) is 24.0 Å². The van der Waals surface area contributed by atoms with Gasteiger partial charge in [0.1, 0.15) is 0 Å². The molecule has 100 valence electrons. The normalized spacial score (nSPS) is 21.3. The largest absolute Gasteiger partial charge is 0.363 e. The monoisotopic (exact) mass is 254 g/mol. The summed E-state index contributed by atoms with van der Waals surface area (Å²) in [6.07, 6.45) is 6.73. The van der Waals surface area contributed by atoms with Crippen LogP contribution in [-0.4, -0.2) is 23.7 Å². The van der Waals surface area contributed by atoms with Crippen LogP contribution in [-0.2, 0) is 12.8 Å². The predicted octanol–water partition coefficient (Wildman–Crippen LogP) is 3.96. The van der Waals surface area contributed by atoms with Crippen LogP contribution in [0.3, 0.4) is 0 Å². The highest BCUT2D eigenvalue weighted by Gasteiger charge is 2.28. The molecule has 0 aliphatic carbocycles. The molecule has 1 atom stereocenters. The molecule has 0 N–H and O–H groups in total. The number of aryl methyl sites for hydroxylation is 2. The first-order chi connectivity index (χ1) is 9.24. The van der Waals surface area contributed by atoms with Crippen molar-refractivity contribution in [3.05, 3.63) is 35.4 Å². The maximum atomic E-state index is 4.74. The number of nitrogens with zero attached hydrogens (tertiary/aromatic N) is 2. The van der Waals surface area contributed by atoms with Gasteiger partial charge < -0.3 is 4.90 Å². The van der Waals surface area contributed by atoms with E-state index in [0.717, 1.165) is 30.8 Å². The minimum absolute atomic E-state index is 0.454. The standard InChI is InChI=1S/C17H22N2/c1-4-13-9-16-12(3)19-8-6-7-15(19)11-18-17(16)10-14(13)5-2/h9-11,15H,3-8H2,1-2H3. The molecular formula is C17H22N2. The van der Waals surface area contributed by atoms with Gasteiger partial charge in [-0.2, -0.15) is 0 Å². The minimum atomic E-state index is 0.454. The summed E-state index contributed by atoms with van der Waals surface area (Å²) in [5, 5.41) is 0. The molecule has 2 aliphatic heterocycles. The Bertz CT molecular complexity index is 542. The Morgan fingerprint density at radius 1 is 1.26 bits per heavy atom. The maximum absolute atomic E-state index is 4.74. The third kappa shape index (κ3) is 1.99. The molecule has 2 nitrogen and oxygen atoms in total. The summed E-state index contributed by atoms with van der Waals surface area (Å²) < 4.78 is 0. The van der Waals surface area contributed by atoms with Crippen LogP contribution < -0.4 is 0 Å². The van der Waals surface area contributed by atoms with E-state index in [2.05, 4.69) is 43.7 Å². The third-order valence-corrected chi connectivity index (χ3v) is 4.42. The summed E-state index contributed by atoms with van der Waals surface area (Å²) in [5.41, 5.74) is 6.36. The van der Waals surface area contributed by atoms with Crippen molar-refractivity contribution in [2.75, 3.05) is 6.54 Å². The van der Waals surface area contributed by atoms with Gasteiger partial charge in [0.05, 0.1) is 11.7 Å². The van der Waals surface area contributed by atoms with E-state index in [4.69, 9.17) is 4.99 Å². The fraction of sp³-hybridized carbons (Fsp3) is 0.471. The lowest BCUT2D eigenvalue weighted by Crippen LogP contribution is -2.27. The smallest absolute Gasteiger partial charge is 0.0722 e. The molecule has 1 saturated heterocycles. The van der Waals surface area contributed by atoms with Gasteiger partial charge in [-0.3, -0.25) is 4.99 Å². The van der Waals surface area contributed by atoms with E-state index >= 15 is 0 Å². The highest BCUT2D eigenvalue weighted by Crippen LogP contribution is 2.37. The van der Waals surface area contributed by atoms with Crippen LogP contribution >= 0.6 is 0 Å². The number of hydrogen-bond acceptors (Lipinski definition) is 2. The number of fused-ring (bicyclic) bond motifs is 2. The molecular weight excluding hydrogens is 232 g/mol. The molecule has 0 saturated carbocycles. The second-order valence-electron chi connectivity index (χ2n) is 5.47. The average molecular weight is 254 g/mol. The fourth-order valence-corrected chi connectivity index (χ4v) is 3.28. The lowest BCUT2D eigenvalue weighted by atomic mass is 9.97. The number of hydrogen-bond donors (Lipinski definition) is 0. The highest BCUT2D eigenvalue weighted by molar-refractivity contribution is 5.83.